The van der Waals surface area contributed by atoms with Crippen molar-refractivity contribution in [3.63, 3.8) is 0 Å². The van der Waals surface area contributed by atoms with Crippen LogP contribution >= 0.6 is 0 Å². The van der Waals surface area contributed by atoms with E-state index in [2.05, 4.69) is 34.4 Å². The Morgan fingerprint density at radius 1 is 1.45 bits per heavy atom. The van der Waals surface area contributed by atoms with Gasteiger partial charge in [0, 0.05) is 0 Å². The molecule has 0 N–H and O–H groups in total. The topological polar surface area (TPSA) is 0 Å². The first-order valence-corrected chi connectivity index (χ1v) is 10.8. The minimum absolute atomic E-state index is 0.928. The molecule has 0 radical (unpaired) electrons. The monoisotopic (exact) mass is 227 g/mol. The Balaban J connectivity index is 2.54. The van der Waals surface area contributed by atoms with E-state index in [4.69, 9.17) is 0 Å². The van der Waals surface area contributed by atoms with Crippen LogP contribution in [0.3, 0.4) is 0 Å². The molecule has 0 saturated carbocycles. The first-order chi connectivity index (χ1) is 5.25. The van der Waals surface area contributed by atoms with Gasteiger partial charge in [0.1, 0.15) is 0 Å². The van der Waals surface area contributed by atoms with Gasteiger partial charge in [-0.1, -0.05) is 0 Å². The minimum atomic E-state index is -0.982. The first-order valence-electron chi connectivity index (χ1n) is 4.43. The molecule has 0 aliphatic heterocycles. The molecule has 1 rings (SSSR count). The van der Waals surface area contributed by atoms with E-state index < -0.39 is 21.8 Å². The molecule has 0 spiro atoms. The summed E-state index contributed by atoms with van der Waals surface area (Å²) in [5.74, 6) is 0. The number of rotatable bonds is 3. The standard InChI is InChI=1S/C8H11.2CH3.Zr/c1-2-5-8-6-3-4-7-8;;;/h3-4,6-7H,2,5H2,1H3;2*1H3;. The van der Waals surface area contributed by atoms with Gasteiger partial charge in [-0.3, -0.25) is 0 Å². The van der Waals surface area contributed by atoms with Crippen LogP contribution in [0.15, 0.2) is 23.8 Å². The van der Waals surface area contributed by atoms with Gasteiger partial charge in [-0.2, -0.15) is 0 Å². The molecule has 0 fully saturated rings. The van der Waals surface area contributed by atoms with Crippen LogP contribution < -0.4 is 0 Å². The fourth-order valence-electron chi connectivity index (χ4n) is 1.61. The van der Waals surface area contributed by atoms with Gasteiger partial charge in [0.05, 0.1) is 0 Å². The van der Waals surface area contributed by atoms with Crippen molar-refractivity contribution < 1.29 is 21.8 Å². The van der Waals surface area contributed by atoms with Crippen molar-refractivity contribution >= 4 is 0 Å². The third-order valence-corrected chi connectivity index (χ3v) is 6.62. The Morgan fingerprint density at radius 3 is 2.73 bits per heavy atom. The van der Waals surface area contributed by atoms with Crippen LogP contribution in [0.1, 0.15) is 19.8 Å². The van der Waals surface area contributed by atoms with E-state index in [9.17, 15) is 0 Å². The normalized spacial score (nSPS) is 22.1. The third-order valence-electron chi connectivity index (χ3n) is 2.17. The van der Waals surface area contributed by atoms with Gasteiger partial charge < -0.3 is 0 Å². The van der Waals surface area contributed by atoms with Crippen LogP contribution in [0.4, 0.5) is 0 Å². The van der Waals surface area contributed by atoms with Crippen LogP contribution in [-0.4, -0.2) is 0 Å². The van der Waals surface area contributed by atoms with Crippen molar-refractivity contribution in [1.29, 1.82) is 0 Å². The summed E-state index contributed by atoms with van der Waals surface area (Å²) in [6, 6.07) is 0. The number of allylic oxidation sites excluding steroid dienone is 4. The molecular formula is C10H17Zr. The summed E-state index contributed by atoms with van der Waals surface area (Å²) in [7, 11) is 0. The molecule has 1 atom stereocenters. The maximum atomic E-state index is 2.49. The molecule has 1 aliphatic carbocycles. The number of hydrogen-bond acceptors (Lipinski definition) is 0. The van der Waals surface area contributed by atoms with Crippen LogP contribution in [0, 0.1) is 0 Å². The second-order valence-electron chi connectivity index (χ2n) is 3.43. The Hall–Kier alpha value is 0.363. The van der Waals surface area contributed by atoms with Crippen molar-refractivity contribution in [3.05, 3.63) is 23.8 Å². The maximum absolute atomic E-state index is 2.49. The van der Waals surface area contributed by atoms with E-state index in [1.54, 1.807) is 5.57 Å². The first kappa shape index (κ1) is 9.45. The second kappa shape index (κ2) is 4.40. The summed E-state index contributed by atoms with van der Waals surface area (Å²) >= 11 is -0.982. The fourth-order valence-corrected chi connectivity index (χ4v) is 5.24. The van der Waals surface area contributed by atoms with Crippen molar-refractivity contribution in [1.82, 2.24) is 0 Å². The summed E-state index contributed by atoms with van der Waals surface area (Å²) in [6.45, 7) is 2.27. The van der Waals surface area contributed by atoms with Gasteiger partial charge in [0.2, 0.25) is 0 Å². The molecule has 0 nitrogen and oxygen atoms in total. The average molecular weight is 228 g/mol. The molecule has 1 aliphatic rings. The third kappa shape index (κ3) is 2.40. The van der Waals surface area contributed by atoms with Crippen LogP contribution in [-0.2, 0) is 21.8 Å². The van der Waals surface area contributed by atoms with Gasteiger partial charge in [-0.25, -0.2) is 0 Å². The van der Waals surface area contributed by atoms with Crippen LogP contribution in [0.2, 0.25) is 12.9 Å². The van der Waals surface area contributed by atoms with E-state index in [1.807, 2.05) is 0 Å². The molecule has 0 aromatic heterocycles. The summed E-state index contributed by atoms with van der Waals surface area (Å²) in [4.78, 5) is 0. The second-order valence-corrected chi connectivity index (χ2v) is 10.3. The van der Waals surface area contributed by atoms with Crippen LogP contribution in [0.5, 0.6) is 0 Å². The Labute approximate surface area is 78.1 Å². The van der Waals surface area contributed by atoms with E-state index in [0.29, 0.717) is 0 Å². The molecule has 0 aromatic rings. The fraction of sp³-hybridized carbons (Fsp3) is 0.600. The van der Waals surface area contributed by atoms with E-state index in [-0.39, 0.29) is 0 Å². The van der Waals surface area contributed by atoms with Crippen molar-refractivity contribution in [3.8, 4) is 0 Å². The summed E-state index contributed by atoms with van der Waals surface area (Å²) in [6.07, 6.45) is 9.63. The molecule has 0 amide bonds. The molecule has 0 heterocycles. The zero-order valence-corrected chi connectivity index (χ0v) is 10.2. The Kier molecular flexibility index (Phi) is 3.78. The van der Waals surface area contributed by atoms with E-state index in [1.165, 1.54) is 12.8 Å². The van der Waals surface area contributed by atoms with E-state index >= 15 is 0 Å². The SMILES string of the molecule is CCCC1=CC=C[CH]1[Zr]([CH3])[CH3]. The van der Waals surface area contributed by atoms with Gasteiger partial charge in [0.15, 0.2) is 0 Å². The van der Waals surface area contributed by atoms with Gasteiger partial charge in [0.25, 0.3) is 0 Å². The van der Waals surface area contributed by atoms with Crippen LogP contribution in [0.25, 0.3) is 0 Å². The molecule has 1 heteroatoms. The number of hydrogen-bond donors (Lipinski definition) is 0. The Bertz CT molecular complexity index is 177. The van der Waals surface area contributed by atoms with Crippen molar-refractivity contribution in [2.45, 2.75) is 32.7 Å². The van der Waals surface area contributed by atoms with E-state index in [0.717, 1.165) is 3.63 Å². The van der Waals surface area contributed by atoms with Gasteiger partial charge in [-0.15, -0.1) is 0 Å². The molecule has 11 heavy (non-hydrogen) atoms. The van der Waals surface area contributed by atoms with Crippen molar-refractivity contribution in [2.24, 2.45) is 0 Å². The quantitative estimate of drug-likeness (QED) is 0.689. The zero-order valence-electron chi connectivity index (χ0n) is 7.72. The average Bonchev–Trinajstić information content (AvgIpc) is 2.36. The molecule has 0 saturated heterocycles. The van der Waals surface area contributed by atoms with Gasteiger partial charge >= 0.3 is 78.2 Å². The molecule has 61 valence electrons. The molecule has 0 bridgehead atoms. The van der Waals surface area contributed by atoms with Crippen molar-refractivity contribution in [2.75, 3.05) is 0 Å². The molecule has 0 aromatic carbocycles. The summed E-state index contributed by atoms with van der Waals surface area (Å²) < 4.78 is 5.91. The summed E-state index contributed by atoms with van der Waals surface area (Å²) in [5, 5.41) is 0. The molecular weight excluding hydrogens is 211 g/mol. The predicted octanol–water partition coefficient (Wildman–Crippen LogP) is 3.79. The predicted molar refractivity (Wildman–Crippen MR) is 47.6 cm³/mol. The molecule has 1 unspecified atom stereocenters. The zero-order chi connectivity index (χ0) is 8.27. The summed E-state index contributed by atoms with van der Waals surface area (Å²) in [5.41, 5.74) is 1.71. The Morgan fingerprint density at radius 2 is 2.18 bits per heavy atom. The van der Waals surface area contributed by atoms with Gasteiger partial charge in [-0.05, 0) is 0 Å².